The maximum Gasteiger partial charge on any atom is 0.321 e. The molecule has 6 heteroatoms. The van der Waals surface area contributed by atoms with Crippen molar-refractivity contribution in [3.8, 4) is 11.9 Å². The number of aromatic nitrogens is 2. The van der Waals surface area contributed by atoms with Crippen LogP contribution in [0.4, 0.5) is 0 Å². The topological polar surface area (TPSA) is 44.2 Å². The minimum absolute atomic E-state index is 0.253. The highest BCUT2D eigenvalue weighted by molar-refractivity contribution is 7.98. The molecule has 1 aromatic rings. The van der Waals surface area contributed by atoms with Gasteiger partial charge in [-0.15, -0.1) is 11.8 Å². The van der Waals surface area contributed by atoms with E-state index in [2.05, 4.69) is 9.97 Å². The summed E-state index contributed by atoms with van der Waals surface area (Å²) in [5.41, 5.74) is 0. The second-order valence-electron chi connectivity index (χ2n) is 2.50. The van der Waals surface area contributed by atoms with Crippen LogP contribution in [0.5, 0.6) is 11.9 Å². The van der Waals surface area contributed by atoms with Gasteiger partial charge in [-0.2, -0.15) is 9.97 Å². The fourth-order valence-electron chi connectivity index (χ4n) is 0.985. The number of ether oxygens (including phenoxy) is 2. The highest BCUT2D eigenvalue weighted by Gasteiger charge is 2.13. The van der Waals surface area contributed by atoms with Gasteiger partial charge in [0.15, 0.2) is 5.15 Å². The van der Waals surface area contributed by atoms with Gasteiger partial charge in [0, 0.05) is 0 Å². The first-order chi connectivity index (χ1) is 7.22. The van der Waals surface area contributed by atoms with E-state index in [4.69, 9.17) is 21.1 Å². The van der Waals surface area contributed by atoms with Crippen molar-refractivity contribution in [3.05, 3.63) is 5.15 Å². The fraction of sp³-hybridized carbons (Fsp3) is 0.556. The van der Waals surface area contributed by atoms with E-state index in [9.17, 15) is 0 Å². The smallest absolute Gasteiger partial charge is 0.321 e. The largest absolute Gasteiger partial charge is 0.477 e. The maximum atomic E-state index is 5.97. The molecule has 0 aliphatic carbocycles. The average molecular weight is 249 g/mol. The molecule has 0 aliphatic rings. The van der Waals surface area contributed by atoms with E-state index in [0.717, 1.165) is 4.90 Å². The average Bonchev–Trinajstić information content (AvgIpc) is 2.18. The Morgan fingerprint density at radius 3 is 2.40 bits per heavy atom. The van der Waals surface area contributed by atoms with Gasteiger partial charge in [-0.1, -0.05) is 11.6 Å². The zero-order valence-electron chi connectivity index (χ0n) is 8.91. The number of thioether (sulfide) groups is 1. The minimum Gasteiger partial charge on any atom is -0.477 e. The van der Waals surface area contributed by atoms with Crippen molar-refractivity contribution in [2.75, 3.05) is 19.5 Å². The van der Waals surface area contributed by atoms with Crippen LogP contribution in [0.25, 0.3) is 0 Å². The van der Waals surface area contributed by atoms with Crippen molar-refractivity contribution in [1.82, 2.24) is 9.97 Å². The van der Waals surface area contributed by atoms with Gasteiger partial charge in [0.2, 0.25) is 5.88 Å². The predicted octanol–water partition coefficient (Wildman–Crippen LogP) is 2.65. The van der Waals surface area contributed by atoms with E-state index >= 15 is 0 Å². The number of hydrogen-bond donors (Lipinski definition) is 0. The summed E-state index contributed by atoms with van der Waals surface area (Å²) in [6.07, 6.45) is 1.90. The molecule has 0 atom stereocenters. The fourth-order valence-corrected chi connectivity index (χ4v) is 1.86. The van der Waals surface area contributed by atoms with Gasteiger partial charge < -0.3 is 9.47 Å². The molecular formula is C9H13ClN2O2S. The molecule has 0 saturated heterocycles. The Kier molecular flexibility index (Phi) is 4.98. The first-order valence-corrected chi connectivity index (χ1v) is 6.20. The van der Waals surface area contributed by atoms with Crippen LogP contribution in [0.15, 0.2) is 4.90 Å². The lowest BCUT2D eigenvalue weighted by atomic mass is 10.6. The summed E-state index contributed by atoms with van der Waals surface area (Å²) in [5.74, 6) is 0.480. The molecule has 0 N–H and O–H groups in total. The Bertz CT molecular complexity index is 336. The molecule has 0 radical (unpaired) electrons. The summed E-state index contributed by atoms with van der Waals surface area (Å²) < 4.78 is 10.5. The zero-order valence-corrected chi connectivity index (χ0v) is 10.5. The van der Waals surface area contributed by atoms with Crippen LogP contribution < -0.4 is 9.47 Å². The van der Waals surface area contributed by atoms with Crippen LogP contribution in [-0.4, -0.2) is 29.4 Å². The van der Waals surface area contributed by atoms with E-state index in [0.29, 0.717) is 24.2 Å². The third-order valence-electron chi connectivity index (χ3n) is 1.53. The summed E-state index contributed by atoms with van der Waals surface area (Å²) in [5, 5.41) is 0.365. The quantitative estimate of drug-likeness (QED) is 0.592. The maximum absolute atomic E-state index is 5.97. The van der Waals surface area contributed by atoms with Gasteiger partial charge in [0.1, 0.15) is 4.90 Å². The van der Waals surface area contributed by atoms with Crippen LogP contribution in [0.1, 0.15) is 13.8 Å². The van der Waals surface area contributed by atoms with Crippen LogP contribution in [0.2, 0.25) is 5.15 Å². The second-order valence-corrected chi connectivity index (χ2v) is 3.68. The van der Waals surface area contributed by atoms with E-state index in [-0.39, 0.29) is 6.01 Å². The third kappa shape index (κ3) is 3.14. The molecule has 1 heterocycles. The molecule has 1 rings (SSSR count). The lowest BCUT2D eigenvalue weighted by molar-refractivity contribution is 0.283. The molecule has 0 fully saturated rings. The Morgan fingerprint density at radius 2 is 1.87 bits per heavy atom. The SMILES string of the molecule is CCOc1nc(Cl)c(SC)c(OCC)n1. The molecule has 1 aromatic heterocycles. The third-order valence-corrected chi connectivity index (χ3v) is 2.69. The van der Waals surface area contributed by atoms with Crippen LogP contribution >= 0.6 is 23.4 Å². The Hall–Kier alpha value is -0.680. The lowest BCUT2D eigenvalue weighted by Crippen LogP contribution is -2.03. The van der Waals surface area contributed by atoms with E-state index in [1.165, 1.54) is 11.8 Å². The van der Waals surface area contributed by atoms with Crippen molar-refractivity contribution in [2.45, 2.75) is 18.7 Å². The molecular weight excluding hydrogens is 236 g/mol. The van der Waals surface area contributed by atoms with Gasteiger partial charge in [0.05, 0.1) is 13.2 Å². The monoisotopic (exact) mass is 248 g/mol. The Labute approximate surface area is 98.3 Å². The minimum atomic E-state index is 0.253. The molecule has 4 nitrogen and oxygen atoms in total. The number of halogens is 1. The van der Waals surface area contributed by atoms with Crippen LogP contribution in [0, 0.1) is 0 Å². The first kappa shape index (κ1) is 12.4. The molecule has 0 amide bonds. The molecule has 15 heavy (non-hydrogen) atoms. The first-order valence-electron chi connectivity index (χ1n) is 4.60. The second kappa shape index (κ2) is 6.02. The van der Waals surface area contributed by atoms with Crippen molar-refractivity contribution < 1.29 is 9.47 Å². The number of rotatable bonds is 5. The number of hydrogen-bond acceptors (Lipinski definition) is 5. The van der Waals surface area contributed by atoms with Crippen molar-refractivity contribution in [1.29, 1.82) is 0 Å². The standard InChI is InChI=1S/C9H13ClN2O2S/c1-4-13-8-6(15-3)7(10)11-9(12-8)14-5-2/h4-5H2,1-3H3. The van der Waals surface area contributed by atoms with E-state index in [1.807, 2.05) is 20.1 Å². The molecule has 0 aliphatic heterocycles. The molecule has 0 bridgehead atoms. The van der Waals surface area contributed by atoms with Crippen molar-refractivity contribution in [3.63, 3.8) is 0 Å². The van der Waals surface area contributed by atoms with Gasteiger partial charge in [0.25, 0.3) is 0 Å². The van der Waals surface area contributed by atoms with Gasteiger partial charge in [-0.25, -0.2) is 0 Å². The highest BCUT2D eigenvalue weighted by atomic mass is 35.5. The summed E-state index contributed by atoms with van der Waals surface area (Å²) in [4.78, 5) is 8.87. The zero-order chi connectivity index (χ0) is 11.3. The molecule has 0 unspecified atom stereocenters. The molecule has 0 aromatic carbocycles. The summed E-state index contributed by atoms with van der Waals surface area (Å²) in [6, 6.07) is 0.253. The Balaban J connectivity index is 3.07. The summed E-state index contributed by atoms with van der Waals surface area (Å²) >= 11 is 7.43. The van der Waals surface area contributed by atoms with Gasteiger partial charge >= 0.3 is 6.01 Å². The lowest BCUT2D eigenvalue weighted by Gasteiger charge is -2.09. The summed E-state index contributed by atoms with van der Waals surface area (Å²) in [7, 11) is 0. The van der Waals surface area contributed by atoms with E-state index < -0.39 is 0 Å². The molecule has 0 spiro atoms. The Morgan fingerprint density at radius 1 is 1.20 bits per heavy atom. The van der Waals surface area contributed by atoms with Crippen molar-refractivity contribution >= 4 is 23.4 Å². The van der Waals surface area contributed by atoms with Crippen LogP contribution in [0.3, 0.4) is 0 Å². The number of nitrogens with zero attached hydrogens (tertiary/aromatic N) is 2. The summed E-state index contributed by atoms with van der Waals surface area (Å²) in [6.45, 7) is 4.79. The van der Waals surface area contributed by atoms with Crippen molar-refractivity contribution in [2.24, 2.45) is 0 Å². The van der Waals surface area contributed by atoms with Gasteiger partial charge in [-0.3, -0.25) is 0 Å². The van der Waals surface area contributed by atoms with Gasteiger partial charge in [-0.05, 0) is 20.1 Å². The normalized spacial score (nSPS) is 10.1. The van der Waals surface area contributed by atoms with E-state index in [1.54, 1.807) is 0 Å². The van der Waals surface area contributed by atoms with Crippen LogP contribution in [-0.2, 0) is 0 Å². The molecule has 84 valence electrons. The molecule has 0 saturated carbocycles. The highest BCUT2D eigenvalue weighted by Crippen LogP contribution is 2.33. The predicted molar refractivity (Wildman–Crippen MR) is 61.2 cm³/mol.